The fourth-order valence-corrected chi connectivity index (χ4v) is 5.81. The number of rotatable bonds is 5. The standard InChI is InChI=1S/C24H35N5O3/c1-32-16-23(30)28-12-9-19-21(15-28)25-22-13-20(26-29(22)24(19)31)18-7-10-27(11-8-18)14-17-5-3-2-4-6-17/h13,17-18,26H,2-12,14-16H2,1H3. The van der Waals surface area contributed by atoms with Gasteiger partial charge in [-0.15, -0.1) is 0 Å². The highest BCUT2D eigenvalue weighted by Crippen LogP contribution is 2.30. The van der Waals surface area contributed by atoms with Crippen LogP contribution in [0, 0.1) is 5.92 Å². The maximum absolute atomic E-state index is 13.1. The van der Waals surface area contributed by atoms with Gasteiger partial charge in [0.15, 0.2) is 5.65 Å². The highest BCUT2D eigenvalue weighted by atomic mass is 16.5. The minimum absolute atomic E-state index is 0.0233. The second kappa shape index (κ2) is 9.35. The fourth-order valence-electron chi connectivity index (χ4n) is 5.81. The van der Waals surface area contributed by atoms with Crippen LogP contribution in [0.15, 0.2) is 10.9 Å². The Kier molecular flexibility index (Phi) is 6.33. The molecule has 5 rings (SSSR count). The van der Waals surface area contributed by atoms with Gasteiger partial charge in [-0.1, -0.05) is 19.3 Å². The van der Waals surface area contributed by atoms with E-state index in [1.54, 1.807) is 9.42 Å². The van der Waals surface area contributed by atoms with Gasteiger partial charge < -0.3 is 14.5 Å². The van der Waals surface area contributed by atoms with Crippen molar-refractivity contribution in [1.29, 1.82) is 0 Å². The SMILES string of the molecule is COCC(=O)N1CCc2c(nc3cc(C4CCN(CC5CCCCC5)CC4)[nH]n3c2=O)C1. The number of H-pyrrole nitrogens is 1. The van der Waals surface area contributed by atoms with E-state index in [4.69, 9.17) is 9.72 Å². The first kappa shape index (κ1) is 21.6. The summed E-state index contributed by atoms with van der Waals surface area (Å²) < 4.78 is 6.58. The number of aromatic amines is 1. The molecule has 0 bridgehead atoms. The second-order valence-corrected chi connectivity index (χ2v) is 9.82. The molecule has 1 N–H and O–H groups in total. The first-order chi connectivity index (χ1) is 15.6. The lowest BCUT2D eigenvalue weighted by molar-refractivity contribution is -0.136. The summed E-state index contributed by atoms with van der Waals surface area (Å²) in [6.45, 7) is 4.49. The number of amides is 1. The van der Waals surface area contributed by atoms with Crippen molar-refractivity contribution in [3.63, 3.8) is 0 Å². The first-order valence-corrected chi connectivity index (χ1v) is 12.2. The quantitative estimate of drug-likeness (QED) is 0.770. The Morgan fingerprint density at radius 2 is 1.94 bits per heavy atom. The molecule has 1 saturated carbocycles. The van der Waals surface area contributed by atoms with E-state index in [2.05, 4.69) is 10.00 Å². The van der Waals surface area contributed by atoms with Gasteiger partial charge in [-0.2, -0.15) is 0 Å². The molecular formula is C24H35N5O3. The van der Waals surface area contributed by atoms with Crippen LogP contribution in [-0.4, -0.2) is 70.2 Å². The summed E-state index contributed by atoms with van der Waals surface area (Å²) in [5.41, 5.74) is 3.19. The van der Waals surface area contributed by atoms with Gasteiger partial charge in [-0.25, -0.2) is 9.50 Å². The maximum atomic E-state index is 13.1. The first-order valence-electron chi connectivity index (χ1n) is 12.2. The van der Waals surface area contributed by atoms with Crippen molar-refractivity contribution in [3.8, 4) is 0 Å². The van der Waals surface area contributed by atoms with Crippen molar-refractivity contribution in [1.82, 2.24) is 24.4 Å². The minimum atomic E-state index is -0.0603. The van der Waals surface area contributed by atoms with E-state index in [1.807, 2.05) is 6.07 Å². The average Bonchev–Trinajstić information content (AvgIpc) is 3.24. The van der Waals surface area contributed by atoms with E-state index in [0.717, 1.165) is 48.8 Å². The third kappa shape index (κ3) is 4.35. The molecule has 0 spiro atoms. The van der Waals surface area contributed by atoms with E-state index in [1.165, 1.54) is 45.8 Å². The van der Waals surface area contributed by atoms with Gasteiger partial charge in [0.05, 0.1) is 12.2 Å². The Morgan fingerprint density at radius 3 is 2.69 bits per heavy atom. The Balaban J connectivity index is 1.28. The number of piperidine rings is 1. The summed E-state index contributed by atoms with van der Waals surface area (Å²) in [6.07, 6.45) is 9.79. The highest BCUT2D eigenvalue weighted by molar-refractivity contribution is 5.77. The van der Waals surface area contributed by atoms with Crippen LogP contribution >= 0.6 is 0 Å². The summed E-state index contributed by atoms with van der Waals surface area (Å²) in [6, 6.07) is 2.04. The van der Waals surface area contributed by atoms with Gasteiger partial charge in [0.1, 0.15) is 6.61 Å². The Labute approximate surface area is 188 Å². The van der Waals surface area contributed by atoms with Crippen molar-refractivity contribution < 1.29 is 9.53 Å². The molecule has 1 saturated heterocycles. The number of aromatic nitrogens is 3. The average molecular weight is 442 g/mol. The summed E-state index contributed by atoms with van der Waals surface area (Å²) >= 11 is 0. The van der Waals surface area contributed by atoms with Gasteiger partial charge in [-0.3, -0.25) is 14.7 Å². The van der Waals surface area contributed by atoms with Crippen molar-refractivity contribution >= 4 is 11.6 Å². The molecule has 8 heteroatoms. The number of fused-ring (bicyclic) bond motifs is 2. The van der Waals surface area contributed by atoms with Crippen LogP contribution in [-0.2, 0) is 22.5 Å². The lowest BCUT2D eigenvalue weighted by Gasteiger charge is -2.35. The molecule has 0 aromatic carbocycles. The topological polar surface area (TPSA) is 82.9 Å². The van der Waals surface area contributed by atoms with Crippen molar-refractivity contribution in [2.75, 3.05) is 39.9 Å². The zero-order valence-electron chi connectivity index (χ0n) is 19.1. The number of hydrogen-bond acceptors (Lipinski definition) is 5. The van der Waals surface area contributed by atoms with Crippen LogP contribution in [0.25, 0.3) is 5.65 Å². The van der Waals surface area contributed by atoms with Crippen LogP contribution in [0.2, 0.25) is 0 Å². The molecule has 2 fully saturated rings. The van der Waals surface area contributed by atoms with Gasteiger partial charge in [0.25, 0.3) is 5.56 Å². The van der Waals surface area contributed by atoms with E-state index in [-0.39, 0.29) is 18.1 Å². The third-order valence-corrected chi connectivity index (χ3v) is 7.68. The van der Waals surface area contributed by atoms with Crippen LogP contribution < -0.4 is 5.56 Å². The molecule has 0 radical (unpaired) electrons. The van der Waals surface area contributed by atoms with Crippen molar-refractivity contribution in [3.05, 3.63) is 33.4 Å². The lowest BCUT2D eigenvalue weighted by Crippen LogP contribution is -2.41. The van der Waals surface area contributed by atoms with Crippen LogP contribution in [0.5, 0.6) is 0 Å². The van der Waals surface area contributed by atoms with Crippen molar-refractivity contribution in [2.24, 2.45) is 5.92 Å². The number of methoxy groups -OCH3 is 1. The van der Waals surface area contributed by atoms with Gasteiger partial charge >= 0.3 is 0 Å². The third-order valence-electron chi connectivity index (χ3n) is 7.68. The Hall–Kier alpha value is -2.19. The molecule has 2 aromatic rings. The monoisotopic (exact) mass is 441 g/mol. The highest BCUT2D eigenvalue weighted by Gasteiger charge is 2.28. The number of nitrogens with one attached hydrogen (secondary N) is 1. The predicted octanol–water partition coefficient (Wildman–Crippen LogP) is 2.31. The Morgan fingerprint density at radius 1 is 1.16 bits per heavy atom. The minimum Gasteiger partial charge on any atom is -0.375 e. The molecule has 1 aliphatic carbocycles. The van der Waals surface area contributed by atoms with E-state index in [0.29, 0.717) is 31.1 Å². The molecule has 1 amide bonds. The van der Waals surface area contributed by atoms with Crippen molar-refractivity contribution in [2.45, 2.75) is 63.8 Å². The van der Waals surface area contributed by atoms with Gasteiger partial charge in [0.2, 0.25) is 5.91 Å². The number of likely N-dealkylation sites (tertiary alicyclic amines) is 1. The van der Waals surface area contributed by atoms with Gasteiger partial charge in [0, 0.05) is 43.4 Å². The molecule has 0 unspecified atom stereocenters. The molecule has 0 atom stereocenters. The number of hydrogen-bond donors (Lipinski definition) is 1. The van der Waals surface area contributed by atoms with Crippen LogP contribution in [0.1, 0.15) is 67.8 Å². The molecule has 3 aliphatic rings. The number of ether oxygens (including phenoxy) is 1. The van der Waals surface area contributed by atoms with E-state index < -0.39 is 0 Å². The molecule has 2 aromatic heterocycles. The normalized spacial score (nSPS) is 21.2. The summed E-state index contributed by atoms with van der Waals surface area (Å²) in [5, 5.41) is 3.36. The smallest absolute Gasteiger partial charge is 0.276 e. The number of carbonyl (C=O) groups is 1. The molecule has 8 nitrogen and oxygen atoms in total. The second-order valence-electron chi connectivity index (χ2n) is 9.82. The van der Waals surface area contributed by atoms with E-state index in [9.17, 15) is 9.59 Å². The van der Waals surface area contributed by atoms with Gasteiger partial charge in [-0.05, 0) is 51.1 Å². The zero-order valence-corrected chi connectivity index (χ0v) is 19.1. The van der Waals surface area contributed by atoms with Crippen LogP contribution in [0.3, 0.4) is 0 Å². The maximum Gasteiger partial charge on any atom is 0.276 e. The number of nitrogens with zero attached hydrogens (tertiary/aromatic N) is 4. The number of carbonyl (C=O) groups excluding carboxylic acids is 1. The molecule has 2 aliphatic heterocycles. The molecule has 32 heavy (non-hydrogen) atoms. The lowest BCUT2D eigenvalue weighted by atomic mass is 9.87. The fraction of sp³-hybridized carbons (Fsp3) is 0.708. The Bertz CT molecular complexity index is 1010. The predicted molar refractivity (Wildman–Crippen MR) is 122 cm³/mol. The molecule has 174 valence electrons. The molecule has 4 heterocycles. The summed E-state index contributed by atoms with van der Waals surface area (Å²) in [7, 11) is 1.52. The zero-order chi connectivity index (χ0) is 22.1. The summed E-state index contributed by atoms with van der Waals surface area (Å²) in [5.74, 6) is 1.27. The van der Waals surface area contributed by atoms with Crippen LogP contribution in [0.4, 0.5) is 0 Å². The summed E-state index contributed by atoms with van der Waals surface area (Å²) in [4.78, 5) is 34.4. The molecular weight excluding hydrogens is 406 g/mol. The largest absolute Gasteiger partial charge is 0.375 e. The van der Waals surface area contributed by atoms with E-state index >= 15 is 0 Å².